The lowest BCUT2D eigenvalue weighted by molar-refractivity contribution is -0.158. The first kappa shape index (κ1) is 20.9. The lowest BCUT2D eigenvalue weighted by Crippen LogP contribution is -2.51. The minimum absolute atomic E-state index is 0.119. The highest BCUT2D eigenvalue weighted by molar-refractivity contribution is 5.92. The number of nitrogens with zero attached hydrogens (tertiary/aromatic N) is 1. The topological polar surface area (TPSA) is 55.8 Å². The molecule has 2 aromatic rings. The fraction of sp³-hybridized carbons (Fsp3) is 0.417. The molecular weight excluding hydrogens is 366 g/mol. The van der Waals surface area contributed by atoms with Crippen molar-refractivity contribution in [2.24, 2.45) is 0 Å². The first-order valence-electron chi connectivity index (χ1n) is 10.2. The van der Waals surface area contributed by atoms with Crippen LogP contribution in [0.1, 0.15) is 45.6 Å². The third kappa shape index (κ3) is 4.97. The van der Waals surface area contributed by atoms with Gasteiger partial charge in [0.2, 0.25) is 0 Å². The summed E-state index contributed by atoms with van der Waals surface area (Å²) in [5.74, 6) is 0.171. The third-order valence-corrected chi connectivity index (χ3v) is 5.57. The lowest BCUT2D eigenvalue weighted by Gasteiger charge is -2.40. The highest BCUT2D eigenvalue weighted by atomic mass is 16.5. The van der Waals surface area contributed by atoms with E-state index in [1.165, 1.54) is 6.08 Å². The summed E-state index contributed by atoms with van der Waals surface area (Å²) in [6.45, 7) is 5.75. The molecule has 1 aliphatic rings. The van der Waals surface area contributed by atoms with Gasteiger partial charge in [0, 0.05) is 18.2 Å². The molecule has 0 N–H and O–H groups in total. The Morgan fingerprint density at radius 1 is 1.07 bits per heavy atom. The summed E-state index contributed by atoms with van der Waals surface area (Å²) in [6.07, 6.45) is 5.39. The number of hydrogen-bond acceptors (Lipinski definition) is 4. The molecule has 3 atom stereocenters. The van der Waals surface area contributed by atoms with E-state index >= 15 is 0 Å². The zero-order valence-electron chi connectivity index (χ0n) is 17.6. The minimum Gasteiger partial charge on any atom is -0.497 e. The Hall–Kier alpha value is -2.82. The van der Waals surface area contributed by atoms with E-state index in [0.717, 1.165) is 41.3 Å². The molecule has 0 radical (unpaired) electrons. The molecule has 0 spiro atoms. The summed E-state index contributed by atoms with van der Waals surface area (Å²) in [4.78, 5) is 26.8. The van der Waals surface area contributed by atoms with Crippen molar-refractivity contribution >= 4 is 28.7 Å². The number of rotatable bonds is 5. The summed E-state index contributed by atoms with van der Waals surface area (Å²) < 4.78 is 10.6. The maximum Gasteiger partial charge on any atom is 0.331 e. The second kappa shape index (κ2) is 9.12. The van der Waals surface area contributed by atoms with Gasteiger partial charge in [-0.1, -0.05) is 18.2 Å². The van der Waals surface area contributed by atoms with Crippen LogP contribution in [-0.2, 0) is 14.3 Å². The van der Waals surface area contributed by atoms with Crippen LogP contribution in [-0.4, -0.2) is 42.1 Å². The molecule has 0 saturated carbocycles. The Labute approximate surface area is 172 Å². The molecule has 2 aromatic carbocycles. The molecule has 0 unspecified atom stereocenters. The molecule has 1 aliphatic heterocycles. The Morgan fingerprint density at radius 3 is 2.41 bits per heavy atom. The summed E-state index contributed by atoms with van der Waals surface area (Å²) in [5.41, 5.74) is 0.886. The lowest BCUT2D eigenvalue weighted by atomic mass is 9.97. The van der Waals surface area contributed by atoms with Crippen LogP contribution in [0.25, 0.3) is 16.8 Å². The average molecular weight is 395 g/mol. The quantitative estimate of drug-likeness (QED) is 0.549. The molecule has 0 bridgehead atoms. The van der Waals surface area contributed by atoms with Gasteiger partial charge in [0.05, 0.1) is 7.11 Å². The second-order valence-electron chi connectivity index (χ2n) is 7.76. The average Bonchev–Trinajstić information content (AvgIpc) is 2.71. The Morgan fingerprint density at radius 2 is 1.72 bits per heavy atom. The number of methoxy groups -OCH3 is 1. The molecule has 5 heteroatoms. The van der Waals surface area contributed by atoms with Gasteiger partial charge < -0.3 is 14.4 Å². The fourth-order valence-electron chi connectivity index (χ4n) is 3.97. The molecule has 1 amide bonds. The molecular formula is C24H29NO4. The number of carbonyl (C=O) groups is 2. The van der Waals surface area contributed by atoms with E-state index in [-0.39, 0.29) is 18.0 Å². The molecule has 29 heavy (non-hydrogen) atoms. The first-order chi connectivity index (χ1) is 13.9. The van der Waals surface area contributed by atoms with Gasteiger partial charge in [0.15, 0.2) is 6.10 Å². The molecule has 154 valence electrons. The monoisotopic (exact) mass is 395 g/mol. The molecule has 1 heterocycles. The van der Waals surface area contributed by atoms with Crippen LogP contribution in [0.5, 0.6) is 5.75 Å². The van der Waals surface area contributed by atoms with Crippen LogP contribution in [0, 0.1) is 0 Å². The van der Waals surface area contributed by atoms with E-state index in [1.807, 2.05) is 41.3 Å². The highest BCUT2D eigenvalue weighted by Gasteiger charge is 2.32. The summed E-state index contributed by atoms with van der Waals surface area (Å²) in [5, 5.41) is 2.12. The van der Waals surface area contributed by atoms with E-state index in [2.05, 4.69) is 13.8 Å². The Balaban J connectivity index is 1.63. The highest BCUT2D eigenvalue weighted by Crippen LogP contribution is 2.24. The van der Waals surface area contributed by atoms with Gasteiger partial charge >= 0.3 is 5.97 Å². The SMILES string of the molecule is COc1ccc2cc(/C=C/C(=O)O[C@H](C)C(=O)N3[C@H](C)CCC[C@H]3C)ccc2c1. The predicted molar refractivity (Wildman–Crippen MR) is 115 cm³/mol. The van der Waals surface area contributed by atoms with Crippen molar-refractivity contribution in [1.29, 1.82) is 0 Å². The number of carbonyl (C=O) groups excluding carboxylic acids is 2. The van der Waals surface area contributed by atoms with Gasteiger partial charge in [-0.25, -0.2) is 4.79 Å². The number of ether oxygens (including phenoxy) is 2. The van der Waals surface area contributed by atoms with E-state index in [0.29, 0.717) is 0 Å². The number of benzene rings is 2. The van der Waals surface area contributed by atoms with Crippen LogP contribution in [0.3, 0.4) is 0 Å². The van der Waals surface area contributed by atoms with Crippen molar-refractivity contribution in [2.75, 3.05) is 7.11 Å². The number of esters is 1. The largest absolute Gasteiger partial charge is 0.497 e. The molecule has 5 nitrogen and oxygen atoms in total. The van der Waals surface area contributed by atoms with Crippen molar-refractivity contribution in [3.05, 3.63) is 48.0 Å². The van der Waals surface area contributed by atoms with Crippen molar-refractivity contribution in [1.82, 2.24) is 4.90 Å². The molecule has 1 fully saturated rings. The second-order valence-corrected chi connectivity index (χ2v) is 7.76. The van der Waals surface area contributed by atoms with Gasteiger partial charge in [-0.15, -0.1) is 0 Å². The van der Waals surface area contributed by atoms with Crippen LogP contribution < -0.4 is 4.74 Å². The van der Waals surface area contributed by atoms with Gasteiger partial charge in [-0.3, -0.25) is 4.79 Å². The van der Waals surface area contributed by atoms with Gasteiger partial charge in [-0.05, 0) is 80.6 Å². The van der Waals surface area contributed by atoms with Crippen molar-refractivity contribution in [3.8, 4) is 5.75 Å². The maximum atomic E-state index is 12.7. The molecule has 3 rings (SSSR count). The molecule has 0 aliphatic carbocycles. The Bertz CT molecular complexity index is 910. The molecule has 0 aromatic heterocycles. The van der Waals surface area contributed by atoms with Gasteiger partial charge in [-0.2, -0.15) is 0 Å². The number of fused-ring (bicyclic) bond motifs is 1. The van der Waals surface area contributed by atoms with Crippen molar-refractivity contribution in [3.63, 3.8) is 0 Å². The van der Waals surface area contributed by atoms with Crippen LogP contribution in [0.15, 0.2) is 42.5 Å². The number of amides is 1. The number of hydrogen-bond donors (Lipinski definition) is 0. The summed E-state index contributed by atoms with van der Waals surface area (Å²) >= 11 is 0. The van der Waals surface area contributed by atoms with E-state index in [1.54, 1.807) is 20.1 Å². The van der Waals surface area contributed by atoms with Gasteiger partial charge in [0.25, 0.3) is 5.91 Å². The van der Waals surface area contributed by atoms with E-state index < -0.39 is 12.1 Å². The van der Waals surface area contributed by atoms with Crippen LogP contribution in [0.2, 0.25) is 0 Å². The summed E-state index contributed by atoms with van der Waals surface area (Å²) in [7, 11) is 1.64. The van der Waals surface area contributed by atoms with Crippen molar-refractivity contribution in [2.45, 2.75) is 58.2 Å². The van der Waals surface area contributed by atoms with Gasteiger partial charge in [0.1, 0.15) is 5.75 Å². The zero-order valence-corrected chi connectivity index (χ0v) is 17.6. The maximum absolute atomic E-state index is 12.7. The number of likely N-dealkylation sites (tertiary alicyclic amines) is 1. The normalized spacial score (nSPS) is 20.6. The summed E-state index contributed by atoms with van der Waals surface area (Å²) in [6, 6.07) is 12.1. The first-order valence-corrected chi connectivity index (χ1v) is 10.2. The minimum atomic E-state index is -0.792. The smallest absolute Gasteiger partial charge is 0.331 e. The fourth-order valence-corrected chi connectivity index (χ4v) is 3.97. The zero-order chi connectivity index (χ0) is 21.0. The molecule has 1 saturated heterocycles. The van der Waals surface area contributed by atoms with E-state index in [4.69, 9.17) is 9.47 Å². The third-order valence-electron chi connectivity index (χ3n) is 5.57. The van der Waals surface area contributed by atoms with Crippen LogP contribution in [0.4, 0.5) is 0 Å². The Kier molecular flexibility index (Phi) is 6.57. The standard InChI is InChI=1S/C24H29NO4/c1-16-6-5-7-17(2)25(16)24(27)18(3)29-23(26)13-9-19-8-10-21-15-22(28-4)12-11-20(21)14-19/h8-18H,5-7H2,1-4H3/b13-9+/t16-,17-,18-/m1/s1. The number of piperidine rings is 1. The van der Waals surface area contributed by atoms with Crippen molar-refractivity contribution < 1.29 is 19.1 Å². The van der Waals surface area contributed by atoms with E-state index in [9.17, 15) is 9.59 Å². The van der Waals surface area contributed by atoms with Crippen LogP contribution >= 0.6 is 0 Å². The predicted octanol–water partition coefficient (Wildman–Crippen LogP) is 4.58.